The molecule has 0 saturated carbocycles. The number of hydrogen-bond acceptors (Lipinski definition) is 5. The molecule has 1 amide bonds. The minimum absolute atomic E-state index is 0.214. The molecule has 0 atom stereocenters. The van der Waals surface area contributed by atoms with Gasteiger partial charge in [-0.1, -0.05) is 6.07 Å². The van der Waals surface area contributed by atoms with Crippen LogP contribution in [0, 0.1) is 21.4 Å². The molecule has 0 unspecified atom stereocenters. The maximum absolute atomic E-state index is 10.9. The van der Waals surface area contributed by atoms with E-state index in [2.05, 4.69) is 0 Å². The summed E-state index contributed by atoms with van der Waals surface area (Å²) in [6.07, 6.45) is 0. The third kappa shape index (κ3) is 2.54. The number of aliphatic carboxylic acids is 1. The van der Waals surface area contributed by atoms with E-state index in [9.17, 15) is 19.7 Å². The second-order valence-corrected chi connectivity index (χ2v) is 2.83. The number of anilines is 1. The van der Waals surface area contributed by atoms with Crippen LogP contribution in [0.1, 0.15) is 5.56 Å². The van der Waals surface area contributed by atoms with Crippen LogP contribution < -0.4 is 5.32 Å². The monoisotopic (exact) mass is 235 g/mol. The Bertz CT molecular complexity index is 546. The maximum Gasteiger partial charge on any atom is 0.394 e. The highest BCUT2D eigenvalue weighted by molar-refractivity contribution is 6.36. The van der Waals surface area contributed by atoms with Gasteiger partial charge in [0.15, 0.2) is 5.56 Å². The summed E-state index contributed by atoms with van der Waals surface area (Å²) in [5.41, 5.74) is -1.11. The Labute approximate surface area is 94.2 Å². The molecule has 1 aromatic rings. The van der Waals surface area contributed by atoms with Gasteiger partial charge in [0, 0.05) is 6.07 Å². The van der Waals surface area contributed by atoms with Gasteiger partial charge in [-0.2, -0.15) is 5.26 Å². The molecular weight excluding hydrogens is 230 g/mol. The average Bonchev–Trinajstić information content (AvgIpc) is 2.28. The predicted molar refractivity (Wildman–Crippen MR) is 54.1 cm³/mol. The third-order valence-corrected chi connectivity index (χ3v) is 1.79. The zero-order valence-corrected chi connectivity index (χ0v) is 8.21. The Morgan fingerprint density at radius 1 is 1.47 bits per heavy atom. The molecular formula is C9H5N3O5. The summed E-state index contributed by atoms with van der Waals surface area (Å²) in [5.74, 6) is -3.12. The van der Waals surface area contributed by atoms with Gasteiger partial charge in [0.2, 0.25) is 0 Å². The molecule has 8 nitrogen and oxygen atoms in total. The molecule has 0 spiro atoms. The first kappa shape index (κ1) is 12.1. The Kier molecular flexibility index (Phi) is 3.36. The van der Waals surface area contributed by atoms with Gasteiger partial charge in [-0.3, -0.25) is 14.9 Å². The highest BCUT2D eigenvalue weighted by Gasteiger charge is 2.20. The second-order valence-electron chi connectivity index (χ2n) is 2.83. The number of carboxylic acid groups (broad SMARTS) is 1. The molecule has 2 N–H and O–H groups in total. The zero-order valence-electron chi connectivity index (χ0n) is 8.21. The highest BCUT2D eigenvalue weighted by atomic mass is 16.6. The molecule has 1 rings (SSSR count). The van der Waals surface area contributed by atoms with Crippen molar-refractivity contribution in [3.05, 3.63) is 33.9 Å². The Morgan fingerprint density at radius 2 is 2.12 bits per heavy atom. The number of nitro benzene ring substituents is 1. The van der Waals surface area contributed by atoms with Crippen molar-refractivity contribution in [2.24, 2.45) is 0 Å². The number of carbonyl (C=O) groups excluding carboxylic acids is 1. The van der Waals surface area contributed by atoms with Crippen LogP contribution in [0.15, 0.2) is 18.2 Å². The molecule has 86 valence electrons. The summed E-state index contributed by atoms with van der Waals surface area (Å²) >= 11 is 0. The molecule has 0 radical (unpaired) electrons. The summed E-state index contributed by atoms with van der Waals surface area (Å²) in [7, 11) is 0. The average molecular weight is 235 g/mol. The molecule has 0 heterocycles. The molecule has 0 aliphatic heterocycles. The number of nitrogens with one attached hydrogen (secondary N) is 1. The van der Waals surface area contributed by atoms with Crippen molar-refractivity contribution < 1.29 is 19.6 Å². The van der Waals surface area contributed by atoms with Crippen LogP contribution in [0.5, 0.6) is 0 Å². The minimum atomic E-state index is -1.75. The lowest BCUT2D eigenvalue weighted by Gasteiger charge is -2.04. The topological polar surface area (TPSA) is 133 Å². The van der Waals surface area contributed by atoms with Gasteiger partial charge in [-0.15, -0.1) is 0 Å². The van der Waals surface area contributed by atoms with Gasteiger partial charge >= 0.3 is 11.9 Å². The molecule has 1 aromatic carbocycles. The lowest BCUT2D eigenvalue weighted by Crippen LogP contribution is -2.22. The Balaban J connectivity index is 3.22. The number of carboxylic acids is 1. The van der Waals surface area contributed by atoms with E-state index in [1.165, 1.54) is 12.1 Å². The third-order valence-electron chi connectivity index (χ3n) is 1.79. The van der Waals surface area contributed by atoms with Crippen LogP contribution in [0.4, 0.5) is 11.4 Å². The zero-order chi connectivity index (χ0) is 13.0. The quantitative estimate of drug-likeness (QED) is 0.435. The van der Waals surface area contributed by atoms with E-state index < -0.39 is 28.1 Å². The summed E-state index contributed by atoms with van der Waals surface area (Å²) in [6, 6.07) is 5.05. The maximum atomic E-state index is 10.9. The van der Waals surface area contributed by atoms with Crippen LogP contribution in [0.2, 0.25) is 0 Å². The number of amides is 1. The van der Waals surface area contributed by atoms with Gasteiger partial charge in [-0.25, -0.2) is 4.79 Å². The Morgan fingerprint density at radius 3 is 2.59 bits per heavy atom. The van der Waals surface area contributed by atoms with E-state index in [0.717, 1.165) is 6.07 Å². The fourth-order valence-electron chi connectivity index (χ4n) is 1.09. The van der Waals surface area contributed by atoms with Crippen molar-refractivity contribution in [2.75, 3.05) is 5.32 Å². The van der Waals surface area contributed by atoms with E-state index in [-0.39, 0.29) is 5.69 Å². The fourth-order valence-corrected chi connectivity index (χ4v) is 1.09. The van der Waals surface area contributed by atoms with Gasteiger partial charge in [0.25, 0.3) is 5.69 Å². The van der Waals surface area contributed by atoms with Crippen LogP contribution >= 0.6 is 0 Å². The van der Waals surface area contributed by atoms with E-state index in [4.69, 9.17) is 10.4 Å². The van der Waals surface area contributed by atoms with Crippen molar-refractivity contribution in [2.45, 2.75) is 0 Å². The number of hydrogen-bond donors (Lipinski definition) is 2. The summed E-state index contributed by atoms with van der Waals surface area (Å²) in [6.45, 7) is 0. The van der Waals surface area contributed by atoms with Crippen LogP contribution in [-0.4, -0.2) is 21.9 Å². The summed E-state index contributed by atoms with van der Waals surface area (Å²) in [5, 5.41) is 29.6. The predicted octanol–water partition coefficient (Wildman–Crippen LogP) is 0.490. The van der Waals surface area contributed by atoms with Gasteiger partial charge in [-0.05, 0) is 6.07 Å². The van der Waals surface area contributed by atoms with Crippen molar-refractivity contribution in [3.63, 3.8) is 0 Å². The second kappa shape index (κ2) is 4.71. The molecule has 0 bridgehead atoms. The summed E-state index contributed by atoms with van der Waals surface area (Å²) in [4.78, 5) is 30.9. The minimum Gasteiger partial charge on any atom is -0.474 e. The molecule has 0 fully saturated rings. The number of nitro groups is 1. The lowest BCUT2D eigenvalue weighted by atomic mass is 10.1. The molecule has 0 saturated heterocycles. The van der Waals surface area contributed by atoms with Gasteiger partial charge in [0.05, 0.1) is 10.6 Å². The smallest absolute Gasteiger partial charge is 0.394 e. The first-order chi connectivity index (χ1) is 7.97. The van der Waals surface area contributed by atoms with Crippen LogP contribution in [0.3, 0.4) is 0 Å². The van der Waals surface area contributed by atoms with E-state index in [1.54, 1.807) is 6.07 Å². The van der Waals surface area contributed by atoms with E-state index in [0.29, 0.717) is 0 Å². The van der Waals surface area contributed by atoms with Crippen molar-refractivity contribution >= 4 is 23.3 Å². The molecule has 0 aliphatic carbocycles. The number of carbonyl (C=O) groups is 2. The largest absolute Gasteiger partial charge is 0.474 e. The van der Waals surface area contributed by atoms with Crippen molar-refractivity contribution in [1.82, 2.24) is 0 Å². The Hall–Kier alpha value is -2.95. The van der Waals surface area contributed by atoms with Crippen molar-refractivity contribution in [3.8, 4) is 6.07 Å². The van der Waals surface area contributed by atoms with Crippen molar-refractivity contribution in [1.29, 1.82) is 5.26 Å². The number of benzene rings is 1. The van der Waals surface area contributed by atoms with Crippen LogP contribution in [0.25, 0.3) is 0 Å². The first-order valence-electron chi connectivity index (χ1n) is 4.19. The fraction of sp³-hybridized carbons (Fsp3) is 0. The highest BCUT2D eigenvalue weighted by Crippen LogP contribution is 2.25. The molecule has 0 aliphatic rings. The summed E-state index contributed by atoms with van der Waals surface area (Å²) < 4.78 is 0. The number of rotatable bonds is 2. The standard InChI is InChI=1S/C9H5N3O5/c10-4-5-6(11-8(13)9(14)15)2-1-3-7(5)12(16)17/h1-3H,(H,11,13)(H,14,15). The number of nitriles is 1. The normalized spacial score (nSPS) is 9.12. The van der Waals surface area contributed by atoms with Crippen LogP contribution in [-0.2, 0) is 9.59 Å². The van der Waals surface area contributed by atoms with Gasteiger partial charge < -0.3 is 10.4 Å². The van der Waals surface area contributed by atoms with Gasteiger partial charge in [0.1, 0.15) is 6.07 Å². The lowest BCUT2D eigenvalue weighted by molar-refractivity contribution is -0.385. The SMILES string of the molecule is N#Cc1c(NC(=O)C(=O)O)cccc1[N+](=O)[O-]. The number of nitrogens with zero attached hydrogens (tertiary/aromatic N) is 2. The molecule has 17 heavy (non-hydrogen) atoms. The van der Waals surface area contributed by atoms with E-state index >= 15 is 0 Å². The van der Waals surface area contributed by atoms with E-state index in [1.807, 2.05) is 5.32 Å². The first-order valence-corrected chi connectivity index (χ1v) is 4.19. The molecule has 8 heteroatoms. The molecule has 0 aromatic heterocycles.